The lowest BCUT2D eigenvalue weighted by Gasteiger charge is -2.22. The Balaban J connectivity index is 2.74. The number of aryl methyl sites for hydroxylation is 2. The fourth-order valence-electron chi connectivity index (χ4n) is 2.27. The molecule has 6 heteroatoms. The largest absolute Gasteiger partial charge is 0.444 e. The predicted molar refractivity (Wildman–Crippen MR) is 85.1 cm³/mol. The number of hydrogen-bond acceptors (Lipinski definition) is 4. The van der Waals surface area contributed by atoms with Gasteiger partial charge < -0.3 is 10.1 Å². The first kappa shape index (κ1) is 18.2. The molecule has 0 fully saturated rings. The number of hydrogen-bond donors (Lipinski definition) is 1. The summed E-state index contributed by atoms with van der Waals surface area (Å²) in [5, 5.41) is 7.02. The van der Waals surface area contributed by atoms with Gasteiger partial charge in [0, 0.05) is 25.2 Å². The second-order valence-electron chi connectivity index (χ2n) is 6.55. The monoisotopic (exact) mass is 309 g/mol. The van der Waals surface area contributed by atoms with E-state index in [4.69, 9.17) is 4.74 Å². The molecule has 124 valence electrons. The first-order chi connectivity index (χ1) is 10.0. The van der Waals surface area contributed by atoms with Crippen LogP contribution in [0.25, 0.3) is 0 Å². The van der Waals surface area contributed by atoms with Gasteiger partial charge >= 0.3 is 6.09 Å². The maximum atomic E-state index is 12.5. The molecule has 1 aromatic rings. The van der Waals surface area contributed by atoms with Crippen molar-refractivity contribution >= 4 is 11.9 Å². The van der Waals surface area contributed by atoms with Crippen LogP contribution >= 0.6 is 0 Å². The Morgan fingerprint density at radius 2 is 1.91 bits per heavy atom. The number of carbonyl (C=O) groups excluding carboxylic acids is 2. The summed E-state index contributed by atoms with van der Waals surface area (Å²) in [6.07, 6.45) is 0.402. The van der Waals surface area contributed by atoms with Crippen LogP contribution in [0.2, 0.25) is 0 Å². The lowest BCUT2D eigenvalue weighted by molar-refractivity contribution is 0.0500. The molecule has 22 heavy (non-hydrogen) atoms. The van der Waals surface area contributed by atoms with E-state index in [2.05, 4.69) is 10.4 Å². The molecule has 1 atom stereocenters. The smallest absolute Gasteiger partial charge is 0.407 e. The number of aromatic nitrogens is 2. The molecule has 1 N–H and O–H groups in total. The van der Waals surface area contributed by atoms with E-state index >= 15 is 0 Å². The number of Topliss-reactive ketones (excluding diaryl/α,β-unsaturated/α-hetero) is 1. The summed E-state index contributed by atoms with van der Waals surface area (Å²) in [6.45, 7) is 11.0. The van der Waals surface area contributed by atoms with Gasteiger partial charge in [0.25, 0.3) is 0 Å². The number of alkyl carbamates (subject to hydrolysis) is 1. The van der Waals surface area contributed by atoms with Gasteiger partial charge in [-0.05, 0) is 41.0 Å². The molecule has 0 aromatic carbocycles. The molecule has 1 heterocycles. The molecule has 0 aliphatic carbocycles. The van der Waals surface area contributed by atoms with E-state index in [-0.39, 0.29) is 18.2 Å². The number of ether oxygens (including phenoxy) is 1. The topological polar surface area (TPSA) is 73.2 Å². The maximum absolute atomic E-state index is 12.5. The molecule has 6 nitrogen and oxygen atoms in total. The summed E-state index contributed by atoms with van der Waals surface area (Å²) in [7, 11) is 1.81. The van der Waals surface area contributed by atoms with Gasteiger partial charge in [-0.3, -0.25) is 9.48 Å². The lowest BCUT2D eigenvalue weighted by Crippen LogP contribution is -2.40. The Hall–Kier alpha value is -1.85. The molecular weight excluding hydrogens is 282 g/mol. The average molecular weight is 309 g/mol. The summed E-state index contributed by atoms with van der Waals surface area (Å²) in [6, 6.07) is -0.249. The third kappa shape index (κ3) is 4.86. The molecule has 1 unspecified atom stereocenters. The van der Waals surface area contributed by atoms with E-state index < -0.39 is 11.7 Å². The van der Waals surface area contributed by atoms with Gasteiger partial charge in [-0.1, -0.05) is 6.92 Å². The minimum Gasteiger partial charge on any atom is -0.444 e. The molecule has 0 saturated carbocycles. The zero-order valence-corrected chi connectivity index (χ0v) is 14.6. The van der Waals surface area contributed by atoms with E-state index in [1.165, 1.54) is 0 Å². The van der Waals surface area contributed by atoms with E-state index in [1.54, 1.807) is 25.5 Å². The minimum absolute atomic E-state index is 0.00833. The highest BCUT2D eigenvalue weighted by Crippen LogP contribution is 2.16. The van der Waals surface area contributed by atoms with Gasteiger partial charge in [0.05, 0.1) is 11.3 Å². The molecule has 0 saturated heterocycles. The Morgan fingerprint density at radius 1 is 1.32 bits per heavy atom. The Bertz CT molecular complexity index is 556. The average Bonchev–Trinajstić information content (AvgIpc) is 2.59. The van der Waals surface area contributed by atoms with Gasteiger partial charge in [-0.15, -0.1) is 0 Å². The van der Waals surface area contributed by atoms with Crippen LogP contribution < -0.4 is 5.32 Å². The number of nitrogens with zero attached hydrogens (tertiary/aromatic N) is 2. The van der Waals surface area contributed by atoms with Crippen molar-refractivity contribution in [1.29, 1.82) is 0 Å². The summed E-state index contributed by atoms with van der Waals surface area (Å²) in [5.74, 6) is -0.00833. The highest BCUT2D eigenvalue weighted by Gasteiger charge is 2.23. The summed E-state index contributed by atoms with van der Waals surface area (Å²) in [4.78, 5) is 24.3. The number of carbonyl (C=O) groups is 2. The van der Waals surface area contributed by atoms with E-state index in [1.807, 2.05) is 27.8 Å². The van der Waals surface area contributed by atoms with Crippen molar-refractivity contribution in [2.45, 2.75) is 66.0 Å². The van der Waals surface area contributed by atoms with E-state index in [0.29, 0.717) is 12.0 Å². The summed E-state index contributed by atoms with van der Waals surface area (Å²) in [5.41, 5.74) is 1.65. The third-order valence-electron chi connectivity index (χ3n) is 3.43. The molecule has 0 aliphatic rings. The molecule has 0 radical (unpaired) electrons. The fourth-order valence-corrected chi connectivity index (χ4v) is 2.27. The Kier molecular flexibility index (Phi) is 5.74. The zero-order chi connectivity index (χ0) is 17.1. The molecule has 1 rings (SSSR count). The van der Waals surface area contributed by atoms with Crippen LogP contribution in [0.15, 0.2) is 0 Å². The maximum Gasteiger partial charge on any atom is 0.407 e. The van der Waals surface area contributed by atoms with Crippen LogP contribution in [-0.2, 0) is 11.8 Å². The first-order valence-electron chi connectivity index (χ1n) is 7.58. The second-order valence-corrected chi connectivity index (χ2v) is 6.55. The van der Waals surface area contributed by atoms with Crippen molar-refractivity contribution < 1.29 is 14.3 Å². The highest BCUT2D eigenvalue weighted by molar-refractivity contribution is 5.98. The van der Waals surface area contributed by atoms with Gasteiger partial charge in [0.1, 0.15) is 5.60 Å². The predicted octanol–water partition coefficient (Wildman–Crippen LogP) is 2.91. The fraction of sp³-hybridized carbons (Fsp3) is 0.688. The Morgan fingerprint density at radius 3 is 2.32 bits per heavy atom. The molecule has 0 spiro atoms. The quantitative estimate of drug-likeness (QED) is 0.849. The van der Waals surface area contributed by atoms with Crippen molar-refractivity contribution in [2.75, 3.05) is 0 Å². The molecule has 0 bridgehead atoms. The highest BCUT2D eigenvalue weighted by atomic mass is 16.6. The van der Waals surface area contributed by atoms with Gasteiger partial charge in [-0.2, -0.15) is 5.10 Å². The van der Waals surface area contributed by atoms with Gasteiger partial charge in [0.15, 0.2) is 5.78 Å². The van der Waals surface area contributed by atoms with Crippen molar-refractivity contribution in [3.8, 4) is 0 Å². The van der Waals surface area contributed by atoms with Gasteiger partial charge in [-0.25, -0.2) is 4.79 Å². The number of rotatable bonds is 5. The van der Waals surface area contributed by atoms with E-state index in [0.717, 1.165) is 11.4 Å². The first-order valence-corrected chi connectivity index (χ1v) is 7.58. The van der Waals surface area contributed by atoms with Crippen LogP contribution in [0, 0.1) is 13.8 Å². The van der Waals surface area contributed by atoms with Crippen LogP contribution in [-0.4, -0.2) is 33.3 Å². The van der Waals surface area contributed by atoms with Crippen molar-refractivity contribution in [2.24, 2.45) is 7.05 Å². The van der Waals surface area contributed by atoms with Crippen molar-refractivity contribution in [1.82, 2.24) is 15.1 Å². The number of amides is 1. The molecule has 1 amide bonds. The number of ketones is 1. The van der Waals surface area contributed by atoms with Crippen LogP contribution in [0.3, 0.4) is 0 Å². The number of nitrogens with one attached hydrogen (secondary N) is 1. The Labute approximate surface area is 132 Å². The summed E-state index contributed by atoms with van der Waals surface area (Å²) >= 11 is 0. The normalized spacial score (nSPS) is 12.9. The minimum atomic E-state index is -0.553. The third-order valence-corrected chi connectivity index (χ3v) is 3.43. The SMILES string of the molecule is CCC(CC(=O)c1c(C)nn(C)c1C)NC(=O)OC(C)(C)C. The molecule has 0 aliphatic heterocycles. The zero-order valence-electron chi connectivity index (χ0n) is 14.6. The lowest BCUT2D eigenvalue weighted by atomic mass is 10.0. The molecular formula is C16H27N3O3. The molecule has 1 aromatic heterocycles. The van der Waals surface area contributed by atoms with Crippen LogP contribution in [0.1, 0.15) is 62.3 Å². The second kappa shape index (κ2) is 6.94. The van der Waals surface area contributed by atoms with Crippen LogP contribution in [0.4, 0.5) is 4.79 Å². The van der Waals surface area contributed by atoms with Gasteiger partial charge in [0.2, 0.25) is 0 Å². The van der Waals surface area contributed by atoms with Crippen molar-refractivity contribution in [3.63, 3.8) is 0 Å². The van der Waals surface area contributed by atoms with E-state index in [9.17, 15) is 9.59 Å². The summed E-state index contributed by atoms with van der Waals surface area (Å²) < 4.78 is 6.93. The van der Waals surface area contributed by atoms with Crippen LogP contribution in [0.5, 0.6) is 0 Å². The van der Waals surface area contributed by atoms with Crippen molar-refractivity contribution in [3.05, 3.63) is 17.0 Å². The standard InChI is InChI=1S/C16H27N3O3/c1-8-12(17-15(21)22-16(4,5)6)9-13(20)14-10(2)18-19(7)11(14)3/h12H,8-9H2,1-7H3,(H,17,21).